The number of nitrogens with one attached hydrogen (secondary N) is 1. The Bertz CT molecular complexity index is 626. The van der Waals surface area contributed by atoms with Crippen LogP contribution in [-0.4, -0.2) is 61.4 Å². The highest BCUT2D eigenvalue weighted by atomic mass is 31.2. The van der Waals surface area contributed by atoms with Crippen molar-refractivity contribution in [2.75, 3.05) is 22.6 Å². The number of phosphoric acid groups is 1. The van der Waals surface area contributed by atoms with Crippen molar-refractivity contribution in [2.45, 2.75) is 24.7 Å². The number of hydrogen-bond acceptors (Lipinski definition) is 10. The molecule has 13 heteroatoms. The smallest absolute Gasteiger partial charge is 0.385 e. The van der Waals surface area contributed by atoms with E-state index >= 15 is 0 Å². The first-order valence-electron chi connectivity index (χ1n) is 6.14. The number of ether oxygens (including phenoxy) is 1. The van der Waals surface area contributed by atoms with Crippen LogP contribution in [0.2, 0.25) is 0 Å². The minimum Gasteiger partial charge on any atom is -0.385 e. The molecule has 7 N–H and O–H groups in total. The summed E-state index contributed by atoms with van der Waals surface area (Å²) in [6.45, 7) is 0.148. The normalized spacial score (nSPS) is 31.2. The van der Waals surface area contributed by atoms with E-state index in [1.54, 1.807) is 0 Å². The van der Waals surface area contributed by atoms with E-state index in [0.717, 1.165) is 0 Å². The SMILES string of the molecule is Nc1ncnc2c1NCN2C1OC(OP(=O)(O)O)C(O)C1O. The largest absolute Gasteiger partial charge is 0.472 e. The van der Waals surface area contributed by atoms with E-state index in [2.05, 4.69) is 19.8 Å². The standard InChI is InChI=1S/C9H14N5O7P/c10-6-3-7(12-1-11-6)14(2-13-3)8-4(15)5(16)9(20-8)21-22(17,18)19/h1,4-5,8-9,13,15-16H,2H2,(H2,10,11,12)(H2,17,18,19). The Morgan fingerprint density at radius 3 is 2.82 bits per heavy atom. The third kappa shape index (κ3) is 2.61. The lowest BCUT2D eigenvalue weighted by Gasteiger charge is -2.26. The van der Waals surface area contributed by atoms with E-state index in [9.17, 15) is 14.8 Å². The van der Waals surface area contributed by atoms with Crippen LogP contribution in [0.3, 0.4) is 0 Å². The number of fused-ring (bicyclic) bond motifs is 1. The average molecular weight is 335 g/mol. The van der Waals surface area contributed by atoms with Crippen LogP contribution >= 0.6 is 7.82 Å². The highest BCUT2D eigenvalue weighted by molar-refractivity contribution is 7.46. The van der Waals surface area contributed by atoms with Crippen LogP contribution in [0.25, 0.3) is 0 Å². The van der Waals surface area contributed by atoms with Gasteiger partial charge in [-0.25, -0.2) is 14.5 Å². The van der Waals surface area contributed by atoms with Crippen LogP contribution in [0.4, 0.5) is 17.3 Å². The van der Waals surface area contributed by atoms with Crippen molar-refractivity contribution >= 4 is 25.1 Å². The first-order valence-corrected chi connectivity index (χ1v) is 7.67. The van der Waals surface area contributed by atoms with Gasteiger partial charge in [-0.15, -0.1) is 0 Å². The summed E-state index contributed by atoms with van der Waals surface area (Å²) in [7, 11) is -4.89. The molecule has 4 unspecified atom stereocenters. The lowest BCUT2D eigenvalue weighted by Crippen LogP contribution is -2.44. The van der Waals surface area contributed by atoms with Crippen LogP contribution in [0.15, 0.2) is 6.33 Å². The second-order valence-electron chi connectivity index (χ2n) is 4.73. The monoisotopic (exact) mass is 335 g/mol. The summed E-state index contributed by atoms with van der Waals surface area (Å²) >= 11 is 0. The first-order chi connectivity index (χ1) is 10.3. The molecule has 2 aliphatic heterocycles. The van der Waals surface area contributed by atoms with Gasteiger partial charge in [-0.05, 0) is 0 Å². The van der Waals surface area contributed by atoms with Crippen molar-refractivity contribution < 1.29 is 33.8 Å². The molecular weight excluding hydrogens is 321 g/mol. The number of nitrogens with zero attached hydrogens (tertiary/aromatic N) is 3. The number of hydrogen-bond donors (Lipinski definition) is 6. The van der Waals surface area contributed by atoms with Crippen molar-refractivity contribution in [3.05, 3.63) is 6.33 Å². The lowest BCUT2D eigenvalue weighted by atomic mass is 10.2. The molecule has 3 heterocycles. The topological polar surface area (TPSA) is 184 Å². The quantitative estimate of drug-likeness (QED) is 0.327. The van der Waals surface area contributed by atoms with E-state index in [-0.39, 0.29) is 12.5 Å². The second kappa shape index (κ2) is 5.28. The number of nitrogen functional groups attached to an aromatic ring is 1. The third-order valence-corrected chi connectivity index (χ3v) is 3.78. The molecule has 0 saturated carbocycles. The Morgan fingerprint density at radius 1 is 1.41 bits per heavy atom. The van der Waals surface area contributed by atoms with Gasteiger partial charge in [-0.2, -0.15) is 0 Å². The minimum absolute atomic E-state index is 0.148. The van der Waals surface area contributed by atoms with Crippen LogP contribution in [0.5, 0.6) is 0 Å². The van der Waals surface area contributed by atoms with Crippen molar-refractivity contribution in [1.82, 2.24) is 9.97 Å². The fraction of sp³-hybridized carbons (Fsp3) is 0.556. The molecule has 22 heavy (non-hydrogen) atoms. The van der Waals surface area contributed by atoms with Gasteiger partial charge in [0.1, 0.15) is 24.2 Å². The molecule has 0 radical (unpaired) electrons. The van der Waals surface area contributed by atoms with Gasteiger partial charge in [0.05, 0.1) is 6.67 Å². The molecule has 0 bridgehead atoms. The number of aliphatic hydroxyl groups excluding tert-OH is 2. The molecule has 122 valence electrons. The maximum Gasteiger partial charge on any atom is 0.472 e. The van der Waals surface area contributed by atoms with Crippen LogP contribution in [-0.2, 0) is 13.8 Å². The number of aliphatic hydroxyl groups is 2. The minimum atomic E-state index is -4.89. The molecule has 1 aromatic rings. The molecule has 12 nitrogen and oxygen atoms in total. The summed E-state index contributed by atoms with van der Waals surface area (Å²) in [4.78, 5) is 26.8. The number of rotatable bonds is 3. The molecule has 2 aliphatic rings. The van der Waals surface area contributed by atoms with Gasteiger partial charge in [-0.3, -0.25) is 4.52 Å². The summed E-state index contributed by atoms with van der Waals surface area (Å²) in [5.74, 6) is 0.532. The summed E-state index contributed by atoms with van der Waals surface area (Å²) in [5, 5.41) is 22.7. The second-order valence-corrected chi connectivity index (χ2v) is 5.93. The Balaban J connectivity index is 1.83. The summed E-state index contributed by atoms with van der Waals surface area (Å²) < 4.78 is 20.4. The predicted octanol–water partition coefficient (Wildman–Crippen LogP) is -2.24. The van der Waals surface area contributed by atoms with Gasteiger partial charge in [-0.1, -0.05) is 0 Å². The molecule has 1 fully saturated rings. The van der Waals surface area contributed by atoms with E-state index in [1.807, 2.05) is 0 Å². The Hall–Kier alpha value is -1.53. The average Bonchev–Trinajstić information content (AvgIpc) is 2.95. The van der Waals surface area contributed by atoms with Gasteiger partial charge in [0, 0.05) is 0 Å². The Morgan fingerprint density at radius 2 is 2.14 bits per heavy atom. The predicted molar refractivity (Wildman–Crippen MR) is 71.2 cm³/mol. The molecule has 1 aromatic heterocycles. The summed E-state index contributed by atoms with van der Waals surface area (Å²) in [5.41, 5.74) is 6.12. The zero-order chi connectivity index (χ0) is 16.1. The molecule has 0 aromatic carbocycles. The Kier molecular flexibility index (Phi) is 3.69. The fourth-order valence-corrected chi connectivity index (χ4v) is 2.78. The first kappa shape index (κ1) is 15.4. The van der Waals surface area contributed by atoms with E-state index in [0.29, 0.717) is 11.5 Å². The van der Waals surface area contributed by atoms with Crippen molar-refractivity contribution in [2.24, 2.45) is 0 Å². The Labute approximate surface area is 123 Å². The van der Waals surface area contributed by atoms with E-state index < -0.39 is 32.5 Å². The fourth-order valence-electron chi connectivity index (χ4n) is 2.33. The molecule has 4 atom stereocenters. The lowest BCUT2D eigenvalue weighted by molar-refractivity contribution is -0.119. The maximum atomic E-state index is 10.8. The molecule has 0 spiro atoms. The number of anilines is 3. The van der Waals surface area contributed by atoms with E-state index in [1.165, 1.54) is 11.2 Å². The number of nitrogens with two attached hydrogens (primary N) is 1. The van der Waals surface area contributed by atoms with Crippen LogP contribution in [0.1, 0.15) is 0 Å². The van der Waals surface area contributed by atoms with Crippen LogP contribution in [0, 0.1) is 0 Å². The van der Waals surface area contributed by atoms with Crippen molar-refractivity contribution in [3.8, 4) is 0 Å². The third-order valence-electron chi connectivity index (χ3n) is 3.30. The number of phosphoric ester groups is 1. The maximum absolute atomic E-state index is 10.8. The molecule has 0 aliphatic carbocycles. The summed E-state index contributed by atoms with van der Waals surface area (Å²) in [6.07, 6.45) is -4.70. The zero-order valence-corrected chi connectivity index (χ0v) is 11.9. The van der Waals surface area contributed by atoms with Crippen molar-refractivity contribution in [1.29, 1.82) is 0 Å². The zero-order valence-electron chi connectivity index (χ0n) is 11.0. The van der Waals surface area contributed by atoms with Gasteiger partial charge in [0.25, 0.3) is 0 Å². The summed E-state index contributed by atoms with van der Waals surface area (Å²) in [6, 6.07) is 0. The van der Waals surface area contributed by atoms with Crippen LogP contribution < -0.4 is 16.0 Å². The van der Waals surface area contributed by atoms with E-state index in [4.69, 9.17) is 20.3 Å². The highest BCUT2D eigenvalue weighted by Gasteiger charge is 2.50. The van der Waals surface area contributed by atoms with Gasteiger partial charge in [0.2, 0.25) is 0 Å². The molecule has 1 saturated heterocycles. The highest BCUT2D eigenvalue weighted by Crippen LogP contribution is 2.43. The molecule has 3 rings (SSSR count). The van der Waals surface area contributed by atoms with Gasteiger partial charge < -0.3 is 40.7 Å². The van der Waals surface area contributed by atoms with Crippen molar-refractivity contribution in [3.63, 3.8) is 0 Å². The number of aromatic nitrogens is 2. The van der Waals surface area contributed by atoms with Gasteiger partial charge in [0.15, 0.2) is 24.2 Å². The molecule has 0 amide bonds. The molecular formula is C9H14N5O7P. The van der Waals surface area contributed by atoms with Gasteiger partial charge >= 0.3 is 7.82 Å².